The number of carbonyl (C=O) groups excluding carboxylic acids is 1. The predicted octanol–water partition coefficient (Wildman–Crippen LogP) is 2.91. The van der Waals surface area contributed by atoms with Crippen LogP contribution in [0.3, 0.4) is 0 Å². The summed E-state index contributed by atoms with van der Waals surface area (Å²) >= 11 is 1.14. The van der Waals surface area contributed by atoms with Gasteiger partial charge in [-0.15, -0.1) is 11.8 Å². The highest BCUT2D eigenvalue weighted by molar-refractivity contribution is 7.98. The number of hydrazine groups is 2. The van der Waals surface area contributed by atoms with Crippen molar-refractivity contribution in [1.82, 2.24) is 5.43 Å². The number of amides is 1. The average Bonchev–Trinajstić information content (AvgIpc) is 2.59. The number of thioether (sulfide) groups is 1. The van der Waals surface area contributed by atoms with E-state index in [0.29, 0.717) is 17.9 Å². The van der Waals surface area contributed by atoms with Crippen molar-refractivity contribution in [1.29, 1.82) is 0 Å². The quantitative estimate of drug-likeness (QED) is 0.247. The van der Waals surface area contributed by atoms with Gasteiger partial charge in [0.05, 0.1) is 11.3 Å². The number of nitrogens with zero attached hydrogens (tertiary/aromatic N) is 1. The fraction of sp³-hybridized carbons (Fsp3) is 0.188. The SMILES string of the molecule is CN(N)c1cccc(C(F)(F)F)c1SCc1ccccc1.NNC=O. The van der Waals surface area contributed by atoms with Crippen molar-refractivity contribution in [3.05, 3.63) is 59.7 Å². The van der Waals surface area contributed by atoms with E-state index in [-0.39, 0.29) is 4.90 Å². The first-order valence-corrected chi connectivity index (χ1v) is 8.05. The second-order valence-corrected chi connectivity index (χ2v) is 5.81. The first-order valence-electron chi connectivity index (χ1n) is 7.06. The highest BCUT2D eigenvalue weighted by atomic mass is 32.2. The van der Waals surface area contributed by atoms with E-state index in [9.17, 15) is 13.2 Å². The van der Waals surface area contributed by atoms with Gasteiger partial charge in [-0.3, -0.25) is 10.2 Å². The van der Waals surface area contributed by atoms with Gasteiger partial charge in [-0.25, -0.2) is 11.7 Å². The van der Waals surface area contributed by atoms with Crippen molar-refractivity contribution in [2.24, 2.45) is 11.7 Å². The van der Waals surface area contributed by atoms with Gasteiger partial charge in [0.15, 0.2) is 0 Å². The minimum Gasteiger partial charge on any atom is -0.313 e. The van der Waals surface area contributed by atoms with Crippen LogP contribution in [0, 0.1) is 0 Å². The summed E-state index contributed by atoms with van der Waals surface area (Å²) in [5.41, 5.74) is 2.43. The molecule has 0 fully saturated rings. The molecular formula is C16H19F3N4OS. The Bertz CT molecular complexity index is 666. The molecule has 1 amide bonds. The van der Waals surface area contributed by atoms with Crippen LogP contribution in [0.25, 0.3) is 0 Å². The Balaban J connectivity index is 0.000000705. The van der Waals surface area contributed by atoms with E-state index in [0.717, 1.165) is 23.4 Å². The number of anilines is 1. The fourth-order valence-electron chi connectivity index (χ4n) is 1.91. The summed E-state index contributed by atoms with van der Waals surface area (Å²) < 4.78 is 39.4. The lowest BCUT2D eigenvalue weighted by Gasteiger charge is -2.20. The lowest BCUT2D eigenvalue weighted by molar-refractivity contribution is -0.139. The zero-order chi connectivity index (χ0) is 18.9. The minimum absolute atomic E-state index is 0.152. The number of benzene rings is 2. The fourth-order valence-corrected chi connectivity index (χ4v) is 3.11. The van der Waals surface area contributed by atoms with Gasteiger partial charge in [-0.1, -0.05) is 36.4 Å². The third-order valence-electron chi connectivity index (χ3n) is 2.97. The number of carbonyl (C=O) groups is 1. The number of halogens is 3. The van der Waals surface area contributed by atoms with E-state index < -0.39 is 11.7 Å². The molecule has 2 aromatic rings. The van der Waals surface area contributed by atoms with E-state index >= 15 is 0 Å². The van der Waals surface area contributed by atoms with E-state index in [1.165, 1.54) is 18.1 Å². The van der Waals surface area contributed by atoms with Gasteiger partial charge in [0, 0.05) is 17.7 Å². The van der Waals surface area contributed by atoms with Crippen molar-refractivity contribution >= 4 is 23.9 Å². The zero-order valence-electron chi connectivity index (χ0n) is 13.5. The Morgan fingerprint density at radius 2 is 1.76 bits per heavy atom. The first-order chi connectivity index (χ1) is 11.8. The highest BCUT2D eigenvalue weighted by Gasteiger charge is 2.34. The highest BCUT2D eigenvalue weighted by Crippen LogP contribution is 2.42. The Labute approximate surface area is 148 Å². The van der Waals surface area contributed by atoms with Crippen LogP contribution in [0.2, 0.25) is 0 Å². The number of nitrogens with one attached hydrogen (secondary N) is 1. The van der Waals surface area contributed by atoms with Crippen molar-refractivity contribution in [2.45, 2.75) is 16.8 Å². The van der Waals surface area contributed by atoms with E-state index in [4.69, 9.17) is 10.6 Å². The maximum atomic E-state index is 13.1. The van der Waals surface area contributed by atoms with Crippen molar-refractivity contribution in [3.8, 4) is 0 Å². The molecule has 0 aliphatic heterocycles. The number of hydrogen-bond acceptors (Lipinski definition) is 5. The summed E-state index contributed by atoms with van der Waals surface area (Å²) in [4.78, 5) is 9.09. The molecule has 0 bridgehead atoms. The average molecular weight is 372 g/mol. The summed E-state index contributed by atoms with van der Waals surface area (Å²) in [5.74, 6) is 10.5. The largest absolute Gasteiger partial charge is 0.417 e. The van der Waals surface area contributed by atoms with Crippen LogP contribution in [0.15, 0.2) is 53.4 Å². The van der Waals surface area contributed by atoms with Gasteiger partial charge in [-0.2, -0.15) is 13.2 Å². The van der Waals surface area contributed by atoms with Gasteiger partial charge in [0.1, 0.15) is 0 Å². The van der Waals surface area contributed by atoms with Gasteiger partial charge in [0.25, 0.3) is 0 Å². The topological polar surface area (TPSA) is 84.4 Å². The van der Waals surface area contributed by atoms with Crippen LogP contribution in [0.4, 0.5) is 18.9 Å². The number of nitrogens with two attached hydrogens (primary N) is 2. The summed E-state index contributed by atoms with van der Waals surface area (Å²) in [5, 5.41) is 1.21. The molecule has 5 N–H and O–H groups in total. The molecule has 5 nitrogen and oxygen atoms in total. The van der Waals surface area contributed by atoms with Crippen molar-refractivity contribution < 1.29 is 18.0 Å². The van der Waals surface area contributed by atoms with Crippen molar-refractivity contribution in [2.75, 3.05) is 12.1 Å². The van der Waals surface area contributed by atoms with Crippen LogP contribution >= 0.6 is 11.8 Å². The number of hydrogen-bond donors (Lipinski definition) is 3. The summed E-state index contributed by atoms with van der Waals surface area (Å²) in [7, 11) is 1.53. The first kappa shape index (κ1) is 20.8. The summed E-state index contributed by atoms with van der Waals surface area (Å²) in [6.07, 6.45) is -3.99. The molecular weight excluding hydrogens is 353 g/mol. The molecule has 0 radical (unpaired) electrons. The molecule has 0 saturated carbocycles. The molecule has 0 spiro atoms. The number of rotatable bonds is 5. The monoisotopic (exact) mass is 372 g/mol. The molecule has 0 aromatic heterocycles. The molecule has 0 aliphatic rings. The van der Waals surface area contributed by atoms with Crippen LogP contribution in [0.1, 0.15) is 11.1 Å². The molecule has 0 aliphatic carbocycles. The molecule has 0 heterocycles. The number of alkyl halides is 3. The maximum absolute atomic E-state index is 13.1. The third-order valence-corrected chi connectivity index (χ3v) is 4.17. The zero-order valence-corrected chi connectivity index (χ0v) is 14.3. The van der Waals surface area contributed by atoms with Gasteiger partial charge >= 0.3 is 6.18 Å². The maximum Gasteiger partial charge on any atom is 0.417 e. The Hall–Kier alpha value is -2.23. The molecule has 136 valence electrons. The lowest BCUT2D eigenvalue weighted by atomic mass is 10.2. The minimum atomic E-state index is -4.40. The smallest absolute Gasteiger partial charge is 0.313 e. The molecule has 0 atom stereocenters. The van der Waals surface area contributed by atoms with Crippen LogP contribution in [-0.4, -0.2) is 13.5 Å². The third kappa shape index (κ3) is 6.65. The molecule has 0 saturated heterocycles. The summed E-state index contributed by atoms with van der Waals surface area (Å²) in [6.45, 7) is 0. The lowest BCUT2D eigenvalue weighted by Crippen LogP contribution is -2.26. The van der Waals surface area contributed by atoms with Crippen LogP contribution in [-0.2, 0) is 16.7 Å². The van der Waals surface area contributed by atoms with Gasteiger partial charge < -0.3 is 5.01 Å². The predicted molar refractivity (Wildman–Crippen MR) is 93.4 cm³/mol. The van der Waals surface area contributed by atoms with Crippen LogP contribution in [0.5, 0.6) is 0 Å². The molecule has 2 aromatic carbocycles. The normalized spacial score (nSPS) is 10.5. The Morgan fingerprint density at radius 3 is 2.24 bits per heavy atom. The van der Waals surface area contributed by atoms with E-state index in [1.807, 2.05) is 30.3 Å². The van der Waals surface area contributed by atoms with E-state index in [2.05, 4.69) is 5.84 Å². The van der Waals surface area contributed by atoms with Crippen LogP contribution < -0.4 is 22.1 Å². The standard InChI is InChI=1S/C15H15F3N2S.CH4N2O/c1-20(19)13-9-5-8-12(15(16,17)18)14(13)21-10-11-6-3-2-4-7-11;2-3-1-4/h2-9H,10,19H2,1H3;1H,2H2,(H,3,4). The van der Waals surface area contributed by atoms with Crippen molar-refractivity contribution in [3.63, 3.8) is 0 Å². The Kier molecular flexibility index (Phi) is 8.26. The van der Waals surface area contributed by atoms with E-state index in [1.54, 1.807) is 11.5 Å². The second-order valence-electron chi connectivity index (χ2n) is 4.82. The Morgan fingerprint density at radius 1 is 1.16 bits per heavy atom. The second kappa shape index (κ2) is 9.92. The summed E-state index contributed by atoms with van der Waals surface area (Å²) in [6, 6.07) is 13.4. The molecule has 2 rings (SSSR count). The van der Waals surface area contributed by atoms with Gasteiger partial charge in [0.2, 0.25) is 6.41 Å². The van der Waals surface area contributed by atoms with Gasteiger partial charge in [-0.05, 0) is 17.7 Å². The molecule has 0 unspecified atom stereocenters. The molecule has 9 heteroatoms. The molecule has 25 heavy (non-hydrogen) atoms.